The summed E-state index contributed by atoms with van der Waals surface area (Å²) in [5.74, 6) is 0.881. The Hall–Kier alpha value is -0.820. The molecule has 0 unspecified atom stereocenters. The maximum atomic E-state index is 12.7. The van der Waals surface area contributed by atoms with E-state index in [1.54, 1.807) is 26.2 Å². The summed E-state index contributed by atoms with van der Waals surface area (Å²) in [6, 6.07) is 3.48. The molecular weight excluding hydrogens is 348 g/mol. The highest BCUT2D eigenvalue weighted by Gasteiger charge is 2.26. The third kappa shape index (κ3) is 5.34. The number of rotatable bonds is 8. The van der Waals surface area contributed by atoms with Crippen molar-refractivity contribution in [1.29, 1.82) is 0 Å². The van der Waals surface area contributed by atoms with Gasteiger partial charge < -0.3 is 10.5 Å². The van der Waals surface area contributed by atoms with E-state index in [2.05, 4.69) is 4.72 Å². The Morgan fingerprint density at radius 2 is 1.79 bits per heavy atom. The summed E-state index contributed by atoms with van der Waals surface area (Å²) in [5, 5.41) is 0. The van der Waals surface area contributed by atoms with Gasteiger partial charge >= 0.3 is 0 Å². The predicted molar refractivity (Wildman–Crippen MR) is 102 cm³/mol. The lowest BCUT2D eigenvalue weighted by molar-refractivity contribution is 0.391. The van der Waals surface area contributed by atoms with Crippen molar-refractivity contribution in [2.45, 2.75) is 63.8 Å². The average molecular weight is 379 g/mol. The second-order valence-corrected chi connectivity index (χ2v) is 8.14. The van der Waals surface area contributed by atoms with Crippen LogP contribution in [0.4, 0.5) is 0 Å². The summed E-state index contributed by atoms with van der Waals surface area (Å²) in [5.41, 5.74) is 7.22. The summed E-state index contributed by atoms with van der Waals surface area (Å²) in [6.45, 7) is 9.95. The van der Waals surface area contributed by atoms with Crippen LogP contribution in [0, 0.1) is 6.92 Å². The molecule has 1 rings (SSSR count). The summed E-state index contributed by atoms with van der Waals surface area (Å²) < 4.78 is 33.4. The fourth-order valence-corrected chi connectivity index (χ4v) is 3.81. The molecule has 1 aromatic carbocycles. The zero-order chi connectivity index (χ0) is 17.8. The minimum atomic E-state index is -3.61. The number of halogens is 1. The molecule has 0 heterocycles. The number of ether oxygens (including phenoxy) is 1. The van der Waals surface area contributed by atoms with Crippen LogP contribution in [0.2, 0.25) is 0 Å². The van der Waals surface area contributed by atoms with Crippen LogP contribution in [0.1, 0.15) is 57.6 Å². The maximum Gasteiger partial charge on any atom is 0.240 e. The molecule has 0 radical (unpaired) electrons. The van der Waals surface area contributed by atoms with Gasteiger partial charge in [0.15, 0.2) is 0 Å². The fraction of sp³-hybridized carbons (Fsp3) is 0.647. The van der Waals surface area contributed by atoms with Gasteiger partial charge in [-0.3, -0.25) is 0 Å². The standard InChI is InChI=1S/C17H30N2O3S.ClH/c1-7-17(18,8-2)11-19-23(20,21)16-10-14(12(3)4)15(22-6)9-13(16)5;/h9-10,12,19H,7-8,11,18H2,1-6H3;1H. The molecule has 0 saturated heterocycles. The van der Waals surface area contributed by atoms with Gasteiger partial charge in [-0.25, -0.2) is 13.1 Å². The zero-order valence-electron chi connectivity index (χ0n) is 15.5. The summed E-state index contributed by atoms with van der Waals surface area (Å²) in [7, 11) is -2.02. The minimum Gasteiger partial charge on any atom is -0.496 e. The van der Waals surface area contributed by atoms with Crippen LogP contribution in [0.25, 0.3) is 0 Å². The normalized spacial score (nSPS) is 12.2. The zero-order valence-corrected chi connectivity index (χ0v) is 17.1. The van der Waals surface area contributed by atoms with E-state index in [1.807, 2.05) is 27.7 Å². The Labute approximate surface area is 152 Å². The Morgan fingerprint density at radius 3 is 2.21 bits per heavy atom. The van der Waals surface area contributed by atoms with Crippen molar-refractivity contribution in [1.82, 2.24) is 4.72 Å². The van der Waals surface area contributed by atoms with E-state index in [0.29, 0.717) is 24.2 Å². The summed E-state index contributed by atoms with van der Waals surface area (Å²) in [6.07, 6.45) is 1.43. The lowest BCUT2D eigenvalue weighted by Crippen LogP contribution is -2.49. The number of hydrogen-bond acceptors (Lipinski definition) is 4. The molecule has 3 N–H and O–H groups in total. The van der Waals surface area contributed by atoms with Crippen LogP contribution in [-0.4, -0.2) is 27.6 Å². The van der Waals surface area contributed by atoms with Crippen molar-refractivity contribution in [3.05, 3.63) is 23.3 Å². The molecule has 0 saturated carbocycles. The maximum absolute atomic E-state index is 12.7. The highest BCUT2D eigenvalue weighted by molar-refractivity contribution is 7.89. The molecule has 1 aromatic rings. The van der Waals surface area contributed by atoms with Crippen LogP contribution < -0.4 is 15.2 Å². The van der Waals surface area contributed by atoms with Crippen LogP contribution in [-0.2, 0) is 10.0 Å². The van der Waals surface area contributed by atoms with Gasteiger partial charge in [0.25, 0.3) is 0 Å². The molecule has 0 aromatic heterocycles. The number of methoxy groups -OCH3 is 1. The molecule has 24 heavy (non-hydrogen) atoms. The van der Waals surface area contributed by atoms with Crippen molar-refractivity contribution < 1.29 is 13.2 Å². The molecule has 0 aliphatic heterocycles. The largest absolute Gasteiger partial charge is 0.496 e. The van der Waals surface area contributed by atoms with Gasteiger partial charge in [-0.15, -0.1) is 12.4 Å². The second kappa shape index (κ2) is 9.04. The smallest absolute Gasteiger partial charge is 0.240 e. The Bertz CT molecular complexity index is 641. The highest BCUT2D eigenvalue weighted by Crippen LogP contribution is 2.31. The first kappa shape index (κ1) is 23.2. The molecule has 0 aliphatic carbocycles. The van der Waals surface area contributed by atoms with Crippen molar-refractivity contribution in [2.24, 2.45) is 5.73 Å². The van der Waals surface area contributed by atoms with E-state index in [1.165, 1.54) is 0 Å². The molecule has 0 atom stereocenters. The number of aryl methyl sites for hydroxylation is 1. The second-order valence-electron chi connectivity index (χ2n) is 6.41. The van der Waals surface area contributed by atoms with Crippen molar-refractivity contribution >= 4 is 22.4 Å². The topological polar surface area (TPSA) is 81.4 Å². The third-order valence-corrected chi connectivity index (χ3v) is 6.00. The summed E-state index contributed by atoms with van der Waals surface area (Å²) >= 11 is 0. The first-order valence-corrected chi connectivity index (χ1v) is 9.55. The van der Waals surface area contributed by atoms with Crippen LogP contribution in [0.3, 0.4) is 0 Å². The Kier molecular flexibility index (Phi) is 8.73. The van der Waals surface area contributed by atoms with Gasteiger partial charge in [-0.1, -0.05) is 27.7 Å². The summed E-state index contributed by atoms with van der Waals surface area (Å²) in [4.78, 5) is 0.288. The molecule has 5 nitrogen and oxygen atoms in total. The number of nitrogens with one attached hydrogen (secondary N) is 1. The fourth-order valence-electron chi connectivity index (χ4n) is 2.41. The monoisotopic (exact) mass is 378 g/mol. The lowest BCUT2D eigenvalue weighted by Gasteiger charge is -2.27. The van der Waals surface area contributed by atoms with Gasteiger partial charge in [0.2, 0.25) is 10.0 Å². The van der Waals surface area contributed by atoms with Crippen LogP contribution in [0.15, 0.2) is 17.0 Å². The van der Waals surface area contributed by atoms with E-state index in [9.17, 15) is 8.42 Å². The SMILES string of the molecule is CCC(N)(CC)CNS(=O)(=O)c1cc(C(C)C)c(OC)cc1C.Cl. The predicted octanol–water partition coefficient (Wildman–Crippen LogP) is 3.34. The molecule has 0 bridgehead atoms. The third-order valence-electron chi connectivity index (χ3n) is 4.46. The van der Waals surface area contributed by atoms with Crippen molar-refractivity contribution in [3.8, 4) is 5.75 Å². The average Bonchev–Trinajstić information content (AvgIpc) is 2.51. The van der Waals surface area contributed by atoms with E-state index in [0.717, 1.165) is 5.56 Å². The number of sulfonamides is 1. The first-order valence-electron chi connectivity index (χ1n) is 8.07. The number of nitrogens with two attached hydrogens (primary N) is 1. The minimum absolute atomic E-state index is 0. The molecule has 140 valence electrons. The molecule has 0 amide bonds. The molecule has 7 heteroatoms. The van der Waals surface area contributed by atoms with Crippen LogP contribution >= 0.6 is 12.4 Å². The van der Waals surface area contributed by atoms with Gasteiger partial charge in [-0.2, -0.15) is 0 Å². The molecule has 0 spiro atoms. The van der Waals surface area contributed by atoms with E-state index in [-0.39, 0.29) is 29.8 Å². The van der Waals surface area contributed by atoms with E-state index in [4.69, 9.17) is 10.5 Å². The van der Waals surface area contributed by atoms with Gasteiger partial charge in [0.05, 0.1) is 12.0 Å². The van der Waals surface area contributed by atoms with Crippen LogP contribution in [0.5, 0.6) is 5.75 Å². The molecular formula is C17H31ClN2O3S. The van der Waals surface area contributed by atoms with E-state index < -0.39 is 15.6 Å². The first-order chi connectivity index (χ1) is 10.6. The van der Waals surface area contributed by atoms with Gasteiger partial charge in [0.1, 0.15) is 5.75 Å². The quantitative estimate of drug-likeness (QED) is 0.726. The highest BCUT2D eigenvalue weighted by atomic mass is 35.5. The van der Waals surface area contributed by atoms with Gasteiger partial charge in [-0.05, 0) is 48.9 Å². The molecule has 0 fully saturated rings. The van der Waals surface area contributed by atoms with Crippen molar-refractivity contribution in [3.63, 3.8) is 0 Å². The van der Waals surface area contributed by atoms with Crippen molar-refractivity contribution in [2.75, 3.05) is 13.7 Å². The Balaban J connectivity index is 0.00000529. The van der Waals surface area contributed by atoms with Gasteiger partial charge in [0, 0.05) is 12.1 Å². The van der Waals surface area contributed by atoms with E-state index >= 15 is 0 Å². The molecule has 0 aliphatic rings. The number of benzene rings is 1. The number of hydrogen-bond donors (Lipinski definition) is 2. The lowest BCUT2D eigenvalue weighted by atomic mass is 9.95. The Morgan fingerprint density at radius 1 is 1.25 bits per heavy atom.